The van der Waals surface area contributed by atoms with Crippen LogP contribution in [0.3, 0.4) is 0 Å². The van der Waals surface area contributed by atoms with Crippen molar-refractivity contribution in [3.05, 3.63) is 23.8 Å². The van der Waals surface area contributed by atoms with Gasteiger partial charge in [0.2, 0.25) is 0 Å². The number of carbonyl (C=O) groups is 1. The van der Waals surface area contributed by atoms with E-state index in [1.54, 1.807) is 12.1 Å². The van der Waals surface area contributed by atoms with Crippen molar-refractivity contribution >= 4 is 17.3 Å². The van der Waals surface area contributed by atoms with Gasteiger partial charge in [0.25, 0.3) is 0 Å². The number of hydrogen-bond donors (Lipinski definition) is 2. The van der Waals surface area contributed by atoms with Crippen LogP contribution in [0.2, 0.25) is 0 Å². The summed E-state index contributed by atoms with van der Waals surface area (Å²) < 4.78 is 5.77. The SMILES string of the molecule is CCN1CCOC(CN(C)c2ccc(N)cc2C(=O)O)C1. The van der Waals surface area contributed by atoms with Gasteiger partial charge in [-0.25, -0.2) is 4.79 Å². The largest absolute Gasteiger partial charge is 0.478 e. The molecule has 6 nitrogen and oxygen atoms in total. The Bertz CT molecular complexity index is 507. The number of anilines is 2. The van der Waals surface area contributed by atoms with E-state index in [-0.39, 0.29) is 11.7 Å². The standard InChI is InChI=1S/C15H23N3O3/c1-3-18-6-7-21-12(10-18)9-17(2)14-5-4-11(16)8-13(14)15(19)20/h4-5,8,12H,3,6-7,9-10,16H2,1-2H3,(H,19,20). The van der Waals surface area contributed by atoms with Gasteiger partial charge in [-0.1, -0.05) is 6.92 Å². The topological polar surface area (TPSA) is 79.0 Å². The minimum atomic E-state index is -0.969. The van der Waals surface area contributed by atoms with E-state index in [2.05, 4.69) is 11.8 Å². The summed E-state index contributed by atoms with van der Waals surface area (Å²) in [6.45, 7) is 6.35. The van der Waals surface area contributed by atoms with Crippen LogP contribution in [0, 0.1) is 0 Å². The van der Waals surface area contributed by atoms with E-state index in [0.717, 1.165) is 26.2 Å². The van der Waals surface area contributed by atoms with Crippen molar-refractivity contribution in [3.8, 4) is 0 Å². The van der Waals surface area contributed by atoms with Gasteiger partial charge in [0, 0.05) is 32.4 Å². The van der Waals surface area contributed by atoms with Gasteiger partial charge in [0.15, 0.2) is 0 Å². The number of nitrogen functional groups attached to an aromatic ring is 1. The highest BCUT2D eigenvalue weighted by molar-refractivity contribution is 5.95. The molecule has 21 heavy (non-hydrogen) atoms. The third-order valence-corrected chi connectivity index (χ3v) is 3.81. The highest BCUT2D eigenvalue weighted by Crippen LogP contribution is 2.23. The molecule has 1 saturated heterocycles. The maximum Gasteiger partial charge on any atom is 0.337 e. The monoisotopic (exact) mass is 293 g/mol. The fourth-order valence-corrected chi connectivity index (χ4v) is 2.64. The molecule has 1 atom stereocenters. The molecule has 0 aromatic heterocycles. The van der Waals surface area contributed by atoms with Crippen molar-refractivity contribution in [2.24, 2.45) is 0 Å². The lowest BCUT2D eigenvalue weighted by atomic mass is 10.1. The van der Waals surface area contributed by atoms with E-state index < -0.39 is 5.97 Å². The molecule has 2 rings (SSSR count). The Labute approximate surface area is 125 Å². The predicted molar refractivity (Wildman–Crippen MR) is 82.9 cm³/mol. The van der Waals surface area contributed by atoms with Crippen molar-refractivity contribution in [2.45, 2.75) is 13.0 Å². The van der Waals surface area contributed by atoms with Crippen molar-refractivity contribution in [2.75, 3.05) is 50.5 Å². The van der Waals surface area contributed by atoms with Crippen LogP contribution in [0.25, 0.3) is 0 Å². The number of carboxylic acid groups (broad SMARTS) is 1. The summed E-state index contributed by atoms with van der Waals surface area (Å²) in [5.41, 5.74) is 7.01. The van der Waals surface area contributed by atoms with Crippen LogP contribution < -0.4 is 10.6 Å². The molecule has 0 amide bonds. The Kier molecular flexibility index (Phi) is 5.03. The first kappa shape index (κ1) is 15.6. The van der Waals surface area contributed by atoms with Gasteiger partial charge in [-0.15, -0.1) is 0 Å². The molecule has 1 fully saturated rings. The minimum Gasteiger partial charge on any atom is -0.478 e. The molecule has 3 N–H and O–H groups in total. The predicted octanol–water partition coefficient (Wildman–Crippen LogP) is 1.12. The number of hydrogen-bond acceptors (Lipinski definition) is 5. The fourth-order valence-electron chi connectivity index (χ4n) is 2.64. The smallest absolute Gasteiger partial charge is 0.337 e. The molecule has 0 radical (unpaired) electrons. The Balaban J connectivity index is 2.09. The third kappa shape index (κ3) is 3.86. The van der Waals surface area contributed by atoms with Gasteiger partial charge in [0.1, 0.15) is 0 Å². The maximum atomic E-state index is 11.3. The van der Waals surface area contributed by atoms with Crippen LogP contribution in [-0.4, -0.2) is 61.9 Å². The first-order valence-corrected chi connectivity index (χ1v) is 7.19. The number of aromatic carboxylic acids is 1. The highest BCUT2D eigenvalue weighted by atomic mass is 16.5. The zero-order valence-electron chi connectivity index (χ0n) is 12.6. The highest BCUT2D eigenvalue weighted by Gasteiger charge is 2.22. The number of likely N-dealkylation sites (N-methyl/N-ethyl adjacent to an activating group) is 2. The Morgan fingerprint density at radius 2 is 2.33 bits per heavy atom. The van der Waals surface area contributed by atoms with E-state index >= 15 is 0 Å². The first-order chi connectivity index (χ1) is 10.0. The average molecular weight is 293 g/mol. The number of carboxylic acids is 1. The number of morpholine rings is 1. The summed E-state index contributed by atoms with van der Waals surface area (Å²) in [7, 11) is 1.88. The number of nitrogens with two attached hydrogens (primary N) is 1. The Hall–Kier alpha value is -1.79. The second-order valence-corrected chi connectivity index (χ2v) is 5.35. The van der Waals surface area contributed by atoms with Crippen LogP contribution in [0.1, 0.15) is 17.3 Å². The van der Waals surface area contributed by atoms with Crippen molar-refractivity contribution in [1.82, 2.24) is 4.90 Å². The van der Waals surface area contributed by atoms with Crippen molar-refractivity contribution in [1.29, 1.82) is 0 Å². The lowest BCUT2D eigenvalue weighted by molar-refractivity contribution is -0.0216. The van der Waals surface area contributed by atoms with E-state index in [1.807, 2.05) is 11.9 Å². The maximum absolute atomic E-state index is 11.3. The van der Waals surface area contributed by atoms with E-state index in [9.17, 15) is 9.90 Å². The van der Waals surface area contributed by atoms with Crippen LogP contribution in [-0.2, 0) is 4.74 Å². The van der Waals surface area contributed by atoms with Crippen LogP contribution in [0.4, 0.5) is 11.4 Å². The lowest BCUT2D eigenvalue weighted by Gasteiger charge is -2.35. The van der Waals surface area contributed by atoms with Crippen LogP contribution in [0.5, 0.6) is 0 Å². The molecule has 1 aliphatic heterocycles. The van der Waals surface area contributed by atoms with Gasteiger partial charge in [-0.2, -0.15) is 0 Å². The molecule has 1 aromatic rings. The average Bonchev–Trinajstić information content (AvgIpc) is 2.47. The zero-order valence-corrected chi connectivity index (χ0v) is 12.6. The molecule has 116 valence electrons. The number of ether oxygens (including phenoxy) is 1. The summed E-state index contributed by atoms with van der Waals surface area (Å²) in [5.74, 6) is -0.969. The minimum absolute atomic E-state index is 0.0860. The fraction of sp³-hybridized carbons (Fsp3) is 0.533. The molecule has 0 aliphatic carbocycles. The number of benzene rings is 1. The van der Waals surface area contributed by atoms with Gasteiger partial charge in [-0.05, 0) is 24.7 Å². The summed E-state index contributed by atoms with van der Waals surface area (Å²) in [4.78, 5) is 15.6. The van der Waals surface area contributed by atoms with E-state index in [4.69, 9.17) is 10.5 Å². The molecule has 0 saturated carbocycles. The molecule has 6 heteroatoms. The second-order valence-electron chi connectivity index (χ2n) is 5.35. The summed E-state index contributed by atoms with van der Waals surface area (Å²) in [5, 5.41) is 9.30. The quantitative estimate of drug-likeness (QED) is 0.792. The van der Waals surface area contributed by atoms with Crippen LogP contribution >= 0.6 is 0 Å². The first-order valence-electron chi connectivity index (χ1n) is 7.19. The van der Waals surface area contributed by atoms with Gasteiger partial charge in [0.05, 0.1) is 24.0 Å². The van der Waals surface area contributed by atoms with Gasteiger partial charge >= 0.3 is 5.97 Å². The normalized spacial score (nSPS) is 19.4. The third-order valence-electron chi connectivity index (χ3n) is 3.81. The Morgan fingerprint density at radius 3 is 3.00 bits per heavy atom. The molecule has 1 unspecified atom stereocenters. The van der Waals surface area contributed by atoms with E-state index in [0.29, 0.717) is 17.9 Å². The summed E-state index contributed by atoms with van der Waals surface area (Å²) in [6.07, 6.45) is 0.0860. The summed E-state index contributed by atoms with van der Waals surface area (Å²) in [6, 6.07) is 4.96. The molecule has 0 spiro atoms. The number of rotatable bonds is 5. The lowest BCUT2D eigenvalue weighted by Crippen LogP contribution is -2.47. The molecule has 1 heterocycles. The second kappa shape index (κ2) is 6.78. The Morgan fingerprint density at radius 1 is 1.57 bits per heavy atom. The molecule has 1 aliphatic rings. The number of nitrogens with zero attached hydrogens (tertiary/aromatic N) is 2. The van der Waals surface area contributed by atoms with Crippen molar-refractivity contribution in [3.63, 3.8) is 0 Å². The van der Waals surface area contributed by atoms with Crippen LogP contribution in [0.15, 0.2) is 18.2 Å². The molecule has 1 aromatic carbocycles. The molecular formula is C15H23N3O3. The van der Waals surface area contributed by atoms with E-state index in [1.165, 1.54) is 6.07 Å². The van der Waals surface area contributed by atoms with Gasteiger partial charge in [-0.3, -0.25) is 4.90 Å². The summed E-state index contributed by atoms with van der Waals surface area (Å²) >= 11 is 0. The molecule has 0 bridgehead atoms. The van der Waals surface area contributed by atoms with Crippen molar-refractivity contribution < 1.29 is 14.6 Å². The van der Waals surface area contributed by atoms with Gasteiger partial charge < -0.3 is 20.5 Å². The molecular weight excluding hydrogens is 270 g/mol. The zero-order chi connectivity index (χ0) is 15.4.